The van der Waals surface area contributed by atoms with Gasteiger partial charge in [0.1, 0.15) is 17.3 Å². The Morgan fingerprint density at radius 3 is 1.08 bits per heavy atom. The molecule has 2 bridgehead atoms. The topological polar surface area (TPSA) is 127 Å². The number of aliphatic hydroxyl groups is 1. The Morgan fingerprint density at radius 1 is 0.475 bits per heavy atom. The van der Waals surface area contributed by atoms with Crippen molar-refractivity contribution in [2.45, 2.75) is 166 Å². The van der Waals surface area contributed by atoms with E-state index in [1.54, 1.807) is 0 Å². The number of nitrogens with zero attached hydrogens (tertiary/aromatic N) is 3. The quantitative estimate of drug-likeness (QED) is 0.228. The molecule has 3 aliphatic rings. The fourth-order valence-electron chi connectivity index (χ4n) is 8.84. The van der Waals surface area contributed by atoms with Crippen LogP contribution >= 0.6 is 0 Å². The van der Waals surface area contributed by atoms with E-state index in [4.69, 9.17) is 0 Å². The first kappa shape index (κ1) is 45.6. The first-order chi connectivity index (χ1) is 26.5. The van der Waals surface area contributed by atoms with Crippen molar-refractivity contribution in [2.75, 3.05) is 0 Å². The predicted octanol–water partition coefficient (Wildman–Crippen LogP) is 9.89. The molecule has 0 fully saturated rings. The van der Waals surface area contributed by atoms with Gasteiger partial charge in [-0.05, 0) is 101 Å². The van der Waals surface area contributed by atoms with Gasteiger partial charge in [0.2, 0.25) is 0 Å². The highest BCUT2D eigenvalue weighted by molar-refractivity contribution is 5.53. The molecule has 322 valence electrons. The summed E-state index contributed by atoms with van der Waals surface area (Å²) in [5.74, 6) is 0.551. The van der Waals surface area contributed by atoms with Gasteiger partial charge in [0.05, 0.1) is 19.6 Å². The van der Waals surface area contributed by atoms with Crippen molar-refractivity contribution in [3.05, 3.63) is 124 Å². The van der Waals surface area contributed by atoms with Gasteiger partial charge in [-0.3, -0.25) is 0 Å². The molecule has 0 saturated heterocycles. The molecule has 0 spiro atoms. The molecule has 2 atom stereocenters. The Morgan fingerprint density at radius 2 is 0.797 bits per heavy atom. The molecule has 0 radical (unpaired) electrons. The van der Waals surface area contributed by atoms with Crippen LogP contribution in [0.3, 0.4) is 0 Å². The van der Waals surface area contributed by atoms with Crippen LogP contribution in [-0.2, 0) is 41.3 Å². The molecule has 3 aliphatic carbocycles. The van der Waals surface area contributed by atoms with Crippen molar-refractivity contribution in [1.29, 1.82) is 0 Å². The maximum atomic E-state index is 14.8. The maximum Gasteiger partial charge on any atom is 0.336 e. The third kappa shape index (κ3) is 8.72. The summed E-state index contributed by atoms with van der Waals surface area (Å²) in [4.78, 5) is 44.4. The summed E-state index contributed by atoms with van der Waals surface area (Å²) in [5.41, 5.74) is 2.04. The SMILES string of the molecule is CC(C)(C)C1=CC(Cn2c(=O)n(Cc3cc(C(C)(C)C)c(O)c(C(C)(C)C)c3)c(=O)n(Cc3cc(C(C)(C)C)c(O)c(C(C)(C)C)c3)c2=O)=CC2=C(O)[C@H]1C2C(C)(C)C. The van der Waals surface area contributed by atoms with Crippen LogP contribution in [0.25, 0.3) is 0 Å². The number of aromatic nitrogens is 3. The monoisotopic (exact) mass is 810 g/mol. The first-order valence-electron chi connectivity index (χ1n) is 21.1. The van der Waals surface area contributed by atoms with Crippen molar-refractivity contribution < 1.29 is 15.3 Å². The summed E-state index contributed by atoms with van der Waals surface area (Å²) in [6.45, 7) is 36.5. The number of rotatable bonds is 6. The highest BCUT2D eigenvalue weighted by atomic mass is 16.3. The minimum atomic E-state index is -0.752. The molecule has 0 saturated carbocycles. The maximum absolute atomic E-state index is 14.8. The molecule has 1 heterocycles. The molecule has 3 aromatic rings. The van der Waals surface area contributed by atoms with Crippen LogP contribution < -0.4 is 17.1 Å². The fraction of sp³-hybridized carbons (Fsp3) is 0.580. The van der Waals surface area contributed by atoms with Crippen LogP contribution in [0.2, 0.25) is 0 Å². The van der Waals surface area contributed by atoms with Crippen molar-refractivity contribution in [3.63, 3.8) is 0 Å². The molecule has 3 N–H and O–H groups in total. The van der Waals surface area contributed by atoms with Crippen LogP contribution in [0.5, 0.6) is 11.5 Å². The predicted molar refractivity (Wildman–Crippen MR) is 240 cm³/mol. The second kappa shape index (κ2) is 14.6. The van der Waals surface area contributed by atoms with Gasteiger partial charge >= 0.3 is 17.1 Å². The lowest BCUT2D eigenvalue weighted by Gasteiger charge is -2.48. The van der Waals surface area contributed by atoms with E-state index >= 15 is 0 Å². The Bertz CT molecular complexity index is 2270. The molecule has 59 heavy (non-hydrogen) atoms. The first-order valence-corrected chi connectivity index (χ1v) is 21.1. The molecular formula is C50H71N3O6. The van der Waals surface area contributed by atoms with E-state index in [0.29, 0.717) is 44.7 Å². The van der Waals surface area contributed by atoms with Crippen molar-refractivity contribution >= 4 is 0 Å². The van der Waals surface area contributed by atoms with E-state index in [1.165, 1.54) is 0 Å². The van der Waals surface area contributed by atoms with Crippen LogP contribution in [0.15, 0.2) is 73.3 Å². The number of fused-ring (bicyclic) bond motifs is 1. The number of aliphatic hydroxyl groups excluding tert-OH is 1. The standard InChI is InChI=1S/C50H71N3O6/c1-45(2,3)32-20-28(19-31-38(50(16,17)18)37(32)39(31)54)25-51-42(57)52(26-29-21-33(46(4,5)6)40(55)34(22-29)47(7,8)9)44(59)53(43(51)58)27-30-23-35(48(10,11)12)41(56)36(24-30)49(13,14)15/h19-24,37-38,54-56H,25-27H2,1-18H3/t37-,38?/m1/s1. The van der Waals surface area contributed by atoms with Gasteiger partial charge in [0, 0.05) is 11.8 Å². The second-order valence-corrected chi connectivity index (χ2v) is 23.4. The molecular weight excluding hydrogens is 739 g/mol. The number of allylic oxidation sites excluding steroid dienone is 5. The average Bonchev–Trinajstić information content (AvgIpc) is 3.33. The van der Waals surface area contributed by atoms with E-state index in [0.717, 1.165) is 24.8 Å². The molecule has 9 heteroatoms. The molecule has 9 nitrogen and oxygen atoms in total. The van der Waals surface area contributed by atoms with Gasteiger partial charge in [-0.2, -0.15) is 0 Å². The van der Waals surface area contributed by atoms with E-state index < -0.39 is 38.7 Å². The summed E-state index contributed by atoms with van der Waals surface area (Å²) < 4.78 is 3.40. The lowest BCUT2D eigenvalue weighted by molar-refractivity contribution is 0.133. The van der Waals surface area contributed by atoms with Crippen LogP contribution in [0, 0.1) is 22.7 Å². The van der Waals surface area contributed by atoms with Gasteiger partial charge in [0.15, 0.2) is 0 Å². The van der Waals surface area contributed by atoms with Crippen molar-refractivity contribution in [1.82, 2.24) is 13.7 Å². The van der Waals surface area contributed by atoms with Gasteiger partial charge < -0.3 is 15.3 Å². The van der Waals surface area contributed by atoms with Gasteiger partial charge in [0.25, 0.3) is 0 Å². The summed E-state index contributed by atoms with van der Waals surface area (Å²) in [5, 5.41) is 34.4. The number of benzene rings is 2. The number of hydrogen-bond donors (Lipinski definition) is 3. The van der Waals surface area contributed by atoms with Crippen LogP contribution in [-0.4, -0.2) is 29.0 Å². The average molecular weight is 810 g/mol. The molecule has 0 amide bonds. The summed E-state index contributed by atoms with van der Waals surface area (Å²) in [7, 11) is 0. The van der Waals surface area contributed by atoms with E-state index in [-0.39, 0.29) is 53.8 Å². The molecule has 2 aromatic carbocycles. The number of hydrogen-bond acceptors (Lipinski definition) is 6. The molecule has 6 rings (SSSR count). The zero-order valence-corrected chi connectivity index (χ0v) is 39.1. The molecule has 1 aromatic heterocycles. The van der Waals surface area contributed by atoms with E-state index in [1.807, 2.05) is 120 Å². The van der Waals surface area contributed by atoms with Crippen LogP contribution in [0.1, 0.15) is 158 Å². The minimum Gasteiger partial charge on any atom is -0.511 e. The Kier molecular flexibility index (Phi) is 11.3. The van der Waals surface area contributed by atoms with Crippen LogP contribution in [0.4, 0.5) is 0 Å². The van der Waals surface area contributed by atoms with E-state index in [2.05, 4.69) is 41.5 Å². The minimum absolute atomic E-state index is 0.0415. The van der Waals surface area contributed by atoms with Crippen molar-refractivity contribution in [2.24, 2.45) is 22.7 Å². The zero-order valence-electron chi connectivity index (χ0n) is 39.1. The second-order valence-electron chi connectivity index (χ2n) is 23.4. The Labute approximate surface area is 351 Å². The zero-order chi connectivity index (χ0) is 44.9. The lowest BCUT2D eigenvalue weighted by Crippen LogP contribution is -2.55. The van der Waals surface area contributed by atoms with Gasteiger partial charge in [-0.1, -0.05) is 142 Å². The highest BCUT2D eigenvalue weighted by Gasteiger charge is 2.51. The number of phenols is 2. The summed E-state index contributed by atoms with van der Waals surface area (Å²) in [6.07, 6.45) is 3.95. The summed E-state index contributed by atoms with van der Waals surface area (Å²) in [6, 6.07) is 7.40. The number of aromatic hydroxyl groups is 2. The third-order valence-corrected chi connectivity index (χ3v) is 12.1. The highest BCUT2D eigenvalue weighted by Crippen LogP contribution is 2.57. The molecule has 0 aliphatic heterocycles. The molecule has 1 unspecified atom stereocenters. The lowest BCUT2D eigenvalue weighted by atomic mass is 9.56. The fourth-order valence-corrected chi connectivity index (χ4v) is 8.84. The van der Waals surface area contributed by atoms with Gasteiger partial charge in [-0.25, -0.2) is 28.1 Å². The van der Waals surface area contributed by atoms with E-state index in [9.17, 15) is 29.7 Å². The smallest absolute Gasteiger partial charge is 0.336 e. The summed E-state index contributed by atoms with van der Waals surface area (Å²) >= 11 is 0. The van der Waals surface area contributed by atoms with Gasteiger partial charge in [-0.15, -0.1) is 0 Å². The van der Waals surface area contributed by atoms with Crippen molar-refractivity contribution in [3.8, 4) is 11.5 Å². The largest absolute Gasteiger partial charge is 0.511 e. The number of phenolic OH excluding ortho intramolecular Hbond substituents is 2. The Balaban J connectivity index is 1.82. The third-order valence-electron chi connectivity index (χ3n) is 12.1. The normalized spacial score (nSPS) is 18.1. The Hall–Kier alpha value is -4.53.